The van der Waals surface area contributed by atoms with Gasteiger partial charge in [0, 0.05) is 18.2 Å². The summed E-state index contributed by atoms with van der Waals surface area (Å²) in [6.07, 6.45) is 1.08. The molecule has 1 atom stereocenters. The Kier molecular flexibility index (Phi) is 7.08. The number of hydrogen-bond acceptors (Lipinski definition) is 4. The molecule has 1 unspecified atom stereocenters. The van der Waals surface area contributed by atoms with Crippen molar-refractivity contribution in [3.05, 3.63) is 17.5 Å². The second-order valence-electron chi connectivity index (χ2n) is 5.52. The molecule has 110 valence electrons. The van der Waals surface area contributed by atoms with Gasteiger partial charge in [0.1, 0.15) is 5.76 Å². The van der Waals surface area contributed by atoms with E-state index in [-0.39, 0.29) is 30.3 Å². The number of nitrogens with zero attached hydrogens (tertiary/aromatic N) is 1. The minimum atomic E-state index is -0.357. The van der Waals surface area contributed by atoms with Gasteiger partial charge < -0.3 is 15.6 Å². The first-order chi connectivity index (χ1) is 8.34. The molecule has 0 aliphatic heterocycles. The van der Waals surface area contributed by atoms with Crippen LogP contribution in [-0.2, 0) is 11.2 Å². The van der Waals surface area contributed by atoms with Crippen LogP contribution in [0.3, 0.4) is 0 Å². The third-order valence-corrected chi connectivity index (χ3v) is 2.77. The molecule has 1 amide bonds. The molecule has 0 saturated heterocycles. The molecule has 1 aromatic heterocycles. The third kappa shape index (κ3) is 6.07. The summed E-state index contributed by atoms with van der Waals surface area (Å²) in [6.45, 7) is 8.42. The van der Waals surface area contributed by atoms with Crippen LogP contribution < -0.4 is 11.1 Å². The average molecular weight is 290 g/mol. The van der Waals surface area contributed by atoms with Crippen molar-refractivity contribution < 1.29 is 9.32 Å². The number of hydrogen-bond donors (Lipinski definition) is 2. The van der Waals surface area contributed by atoms with E-state index in [9.17, 15) is 4.79 Å². The quantitative estimate of drug-likeness (QED) is 0.837. The maximum absolute atomic E-state index is 11.9. The van der Waals surface area contributed by atoms with E-state index < -0.39 is 0 Å². The number of carbonyl (C=O) groups is 1. The second kappa shape index (κ2) is 7.50. The molecule has 0 aliphatic carbocycles. The Hall–Kier alpha value is -1.07. The predicted molar refractivity (Wildman–Crippen MR) is 77.2 cm³/mol. The first kappa shape index (κ1) is 17.9. The molecule has 1 rings (SSSR count). The molecule has 6 heteroatoms. The minimum Gasteiger partial charge on any atom is -0.361 e. The smallest absolute Gasteiger partial charge is 0.226 e. The van der Waals surface area contributed by atoms with E-state index in [0.29, 0.717) is 23.9 Å². The van der Waals surface area contributed by atoms with Gasteiger partial charge in [-0.3, -0.25) is 4.79 Å². The highest BCUT2D eigenvalue weighted by molar-refractivity contribution is 5.85. The molecule has 0 aliphatic rings. The van der Waals surface area contributed by atoms with Gasteiger partial charge in [-0.2, -0.15) is 0 Å². The molecule has 19 heavy (non-hydrogen) atoms. The van der Waals surface area contributed by atoms with Gasteiger partial charge >= 0.3 is 0 Å². The summed E-state index contributed by atoms with van der Waals surface area (Å²) in [4.78, 5) is 11.9. The largest absolute Gasteiger partial charge is 0.361 e. The van der Waals surface area contributed by atoms with Gasteiger partial charge in [0.2, 0.25) is 5.91 Å². The lowest BCUT2D eigenvalue weighted by molar-refractivity contribution is -0.122. The molecule has 0 bridgehead atoms. The van der Waals surface area contributed by atoms with Crippen LogP contribution in [-0.4, -0.2) is 23.1 Å². The van der Waals surface area contributed by atoms with Crippen LogP contribution in [0.1, 0.15) is 38.6 Å². The maximum Gasteiger partial charge on any atom is 0.226 e. The van der Waals surface area contributed by atoms with Crippen LogP contribution in [0.5, 0.6) is 0 Å². The van der Waals surface area contributed by atoms with Crippen molar-refractivity contribution in [2.45, 2.75) is 46.1 Å². The van der Waals surface area contributed by atoms with Crippen molar-refractivity contribution in [2.75, 3.05) is 6.54 Å². The summed E-state index contributed by atoms with van der Waals surface area (Å²) >= 11 is 0. The molecule has 0 saturated carbocycles. The average Bonchev–Trinajstić information content (AvgIpc) is 2.62. The van der Waals surface area contributed by atoms with Crippen LogP contribution in [0, 0.1) is 12.8 Å². The Bertz CT molecular complexity index is 406. The first-order valence-corrected chi connectivity index (χ1v) is 6.28. The van der Waals surface area contributed by atoms with Crippen molar-refractivity contribution in [2.24, 2.45) is 11.7 Å². The van der Waals surface area contributed by atoms with E-state index >= 15 is 0 Å². The van der Waals surface area contributed by atoms with Crippen LogP contribution in [0.2, 0.25) is 0 Å². The molecule has 1 heterocycles. The fraction of sp³-hybridized carbons (Fsp3) is 0.692. The molecule has 3 N–H and O–H groups in total. The van der Waals surface area contributed by atoms with Crippen molar-refractivity contribution in [1.82, 2.24) is 10.5 Å². The molecule has 0 aromatic carbocycles. The van der Waals surface area contributed by atoms with Gasteiger partial charge in [0.25, 0.3) is 0 Å². The van der Waals surface area contributed by atoms with E-state index in [2.05, 4.69) is 24.3 Å². The molecule has 1 aromatic rings. The number of carbonyl (C=O) groups excluding carboxylic acids is 1. The number of amides is 1. The van der Waals surface area contributed by atoms with Crippen molar-refractivity contribution in [1.29, 1.82) is 0 Å². The topological polar surface area (TPSA) is 81.2 Å². The molecular formula is C13H24ClN3O2. The summed E-state index contributed by atoms with van der Waals surface area (Å²) in [5.41, 5.74) is 6.04. The van der Waals surface area contributed by atoms with Gasteiger partial charge in [-0.15, -0.1) is 12.4 Å². The Balaban J connectivity index is 0.00000324. The van der Waals surface area contributed by atoms with Gasteiger partial charge in [-0.1, -0.05) is 19.0 Å². The lowest BCUT2D eigenvalue weighted by atomic mass is 9.90. The molecule has 0 radical (unpaired) electrons. The molecule has 0 spiro atoms. The third-order valence-electron chi connectivity index (χ3n) is 2.77. The normalized spacial score (nSPS) is 13.8. The van der Waals surface area contributed by atoms with Crippen molar-refractivity contribution in [3.8, 4) is 0 Å². The van der Waals surface area contributed by atoms with Crippen LogP contribution in [0.4, 0.5) is 0 Å². The van der Waals surface area contributed by atoms with Crippen LogP contribution >= 0.6 is 12.4 Å². The lowest BCUT2D eigenvalue weighted by Gasteiger charge is -2.31. The minimum absolute atomic E-state index is 0. The highest BCUT2D eigenvalue weighted by atomic mass is 35.5. The van der Waals surface area contributed by atoms with Gasteiger partial charge in [0.05, 0.1) is 12.1 Å². The summed E-state index contributed by atoms with van der Waals surface area (Å²) in [7, 11) is 0. The Morgan fingerprint density at radius 1 is 1.58 bits per heavy atom. The SMILES string of the molecule is Cc1cc(CC(=O)NC(C)(CN)CC(C)C)no1.Cl. The number of nitrogens with one attached hydrogen (secondary N) is 1. The Morgan fingerprint density at radius 2 is 2.21 bits per heavy atom. The summed E-state index contributed by atoms with van der Waals surface area (Å²) < 4.78 is 4.93. The van der Waals surface area contributed by atoms with E-state index in [4.69, 9.17) is 10.3 Å². The van der Waals surface area contributed by atoms with Gasteiger partial charge in [-0.05, 0) is 26.2 Å². The number of halogens is 1. The van der Waals surface area contributed by atoms with E-state index in [1.165, 1.54) is 0 Å². The summed E-state index contributed by atoms with van der Waals surface area (Å²) in [5.74, 6) is 1.12. The standard InChI is InChI=1S/C13H23N3O2.ClH/c1-9(2)7-13(4,8-14)15-12(17)6-11-5-10(3)18-16-11;/h5,9H,6-8,14H2,1-4H3,(H,15,17);1H. The monoisotopic (exact) mass is 289 g/mol. The highest BCUT2D eigenvalue weighted by Crippen LogP contribution is 2.15. The first-order valence-electron chi connectivity index (χ1n) is 6.28. The fourth-order valence-corrected chi connectivity index (χ4v) is 2.13. The van der Waals surface area contributed by atoms with E-state index in [0.717, 1.165) is 6.42 Å². The predicted octanol–water partition coefficient (Wildman–Crippen LogP) is 1.83. The Labute approximate surface area is 120 Å². The molecule has 0 fully saturated rings. The van der Waals surface area contributed by atoms with Crippen LogP contribution in [0.25, 0.3) is 0 Å². The van der Waals surface area contributed by atoms with Crippen molar-refractivity contribution in [3.63, 3.8) is 0 Å². The second-order valence-corrected chi connectivity index (χ2v) is 5.52. The van der Waals surface area contributed by atoms with Gasteiger partial charge in [-0.25, -0.2) is 0 Å². The van der Waals surface area contributed by atoms with Crippen molar-refractivity contribution >= 4 is 18.3 Å². The number of rotatable bonds is 6. The number of nitrogens with two attached hydrogens (primary N) is 1. The molecule has 5 nitrogen and oxygen atoms in total. The maximum atomic E-state index is 11.9. The van der Waals surface area contributed by atoms with E-state index in [1.807, 2.05) is 6.92 Å². The zero-order valence-corrected chi connectivity index (χ0v) is 12.8. The van der Waals surface area contributed by atoms with E-state index in [1.54, 1.807) is 13.0 Å². The summed E-state index contributed by atoms with van der Waals surface area (Å²) in [5, 5.41) is 6.79. The Morgan fingerprint density at radius 3 is 2.63 bits per heavy atom. The van der Waals surface area contributed by atoms with Gasteiger partial charge in [0.15, 0.2) is 0 Å². The highest BCUT2D eigenvalue weighted by Gasteiger charge is 2.26. The zero-order valence-electron chi connectivity index (χ0n) is 12.0. The number of aromatic nitrogens is 1. The lowest BCUT2D eigenvalue weighted by Crippen LogP contribution is -2.52. The summed E-state index contributed by atoms with van der Waals surface area (Å²) in [6, 6.07) is 1.77. The number of aryl methyl sites for hydroxylation is 1. The molecular weight excluding hydrogens is 266 g/mol. The zero-order chi connectivity index (χ0) is 13.8. The van der Waals surface area contributed by atoms with Crippen LogP contribution in [0.15, 0.2) is 10.6 Å². The fourth-order valence-electron chi connectivity index (χ4n) is 2.13.